The molecule has 0 aromatic heterocycles. The van der Waals surface area contributed by atoms with Gasteiger partial charge in [-0.25, -0.2) is 13.1 Å². The molecule has 0 atom stereocenters. The number of halogens is 1. The quantitative estimate of drug-likeness (QED) is 0.861. The lowest BCUT2D eigenvalue weighted by Gasteiger charge is -2.12. The van der Waals surface area contributed by atoms with Gasteiger partial charge in [-0.05, 0) is 38.6 Å². The van der Waals surface area contributed by atoms with Gasteiger partial charge < -0.3 is 5.32 Å². The molecule has 1 aromatic carbocycles. The van der Waals surface area contributed by atoms with Crippen LogP contribution in [0, 0.1) is 0 Å². The van der Waals surface area contributed by atoms with Crippen LogP contribution in [0.4, 0.5) is 0 Å². The minimum Gasteiger partial charge on any atom is -0.316 e. The summed E-state index contributed by atoms with van der Waals surface area (Å²) in [6, 6.07) is 4.82. The number of hydrogen-bond donors (Lipinski definition) is 2. The van der Waals surface area contributed by atoms with E-state index in [9.17, 15) is 8.42 Å². The van der Waals surface area contributed by atoms with Crippen molar-refractivity contribution in [3.05, 3.63) is 28.8 Å². The predicted octanol–water partition coefficient (Wildman–Crippen LogP) is 1.75. The van der Waals surface area contributed by atoms with Crippen LogP contribution in [0.25, 0.3) is 0 Å². The zero-order chi connectivity index (χ0) is 13.1. The molecule has 0 radical (unpaired) electrons. The third kappa shape index (κ3) is 3.96. The molecule has 4 nitrogen and oxygen atoms in total. The molecule has 0 heterocycles. The first-order chi connectivity index (χ1) is 7.86. The molecule has 0 aliphatic heterocycles. The number of nitrogens with one attached hydrogen (secondary N) is 2. The highest BCUT2D eigenvalue weighted by Crippen LogP contribution is 2.22. The molecular formula is C11H17ClN2O2S. The van der Waals surface area contributed by atoms with Gasteiger partial charge in [-0.15, -0.1) is 0 Å². The fourth-order valence-corrected chi connectivity index (χ4v) is 3.24. The van der Waals surface area contributed by atoms with Gasteiger partial charge in [0.15, 0.2) is 0 Å². The standard InChI is InChI=1S/C11H17ClN2O2S/c1-8(2)14-17(15,16)11-6-9(7-13-3)4-5-10(11)12/h4-6,8,13-14H,7H2,1-3H3. The molecule has 0 saturated heterocycles. The second-order valence-corrected chi connectivity index (χ2v) is 6.16. The zero-order valence-electron chi connectivity index (χ0n) is 10.1. The molecule has 1 rings (SSSR count). The smallest absolute Gasteiger partial charge is 0.242 e. The second-order valence-electron chi connectivity index (χ2n) is 4.07. The van der Waals surface area contributed by atoms with E-state index in [2.05, 4.69) is 10.0 Å². The summed E-state index contributed by atoms with van der Waals surface area (Å²) in [7, 11) is -1.74. The van der Waals surface area contributed by atoms with Gasteiger partial charge in [0.05, 0.1) is 5.02 Å². The highest BCUT2D eigenvalue weighted by molar-refractivity contribution is 7.89. The summed E-state index contributed by atoms with van der Waals surface area (Å²) in [6.07, 6.45) is 0. The van der Waals surface area contributed by atoms with Crippen molar-refractivity contribution in [3.63, 3.8) is 0 Å². The van der Waals surface area contributed by atoms with E-state index in [0.29, 0.717) is 6.54 Å². The van der Waals surface area contributed by atoms with Crippen LogP contribution in [0.3, 0.4) is 0 Å². The summed E-state index contributed by atoms with van der Waals surface area (Å²) in [4.78, 5) is 0.126. The van der Waals surface area contributed by atoms with Crippen molar-refractivity contribution >= 4 is 21.6 Å². The fraction of sp³-hybridized carbons (Fsp3) is 0.455. The number of hydrogen-bond acceptors (Lipinski definition) is 3. The third-order valence-electron chi connectivity index (χ3n) is 2.06. The van der Waals surface area contributed by atoms with Gasteiger partial charge in [-0.3, -0.25) is 0 Å². The maximum absolute atomic E-state index is 12.0. The van der Waals surface area contributed by atoms with Crippen molar-refractivity contribution in [2.24, 2.45) is 0 Å². The van der Waals surface area contributed by atoms with Crippen LogP contribution in [0.2, 0.25) is 5.02 Å². The molecule has 0 fully saturated rings. The Morgan fingerprint density at radius 3 is 2.53 bits per heavy atom. The van der Waals surface area contributed by atoms with Gasteiger partial charge in [-0.2, -0.15) is 0 Å². The van der Waals surface area contributed by atoms with E-state index in [1.165, 1.54) is 0 Å². The Kier molecular flexibility index (Phi) is 4.94. The molecule has 96 valence electrons. The Morgan fingerprint density at radius 1 is 1.35 bits per heavy atom. The highest BCUT2D eigenvalue weighted by atomic mass is 35.5. The van der Waals surface area contributed by atoms with Crippen molar-refractivity contribution < 1.29 is 8.42 Å². The number of rotatable bonds is 5. The SMILES string of the molecule is CNCc1ccc(Cl)c(S(=O)(=O)NC(C)C)c1. The first kappa shape index (κ1) is 14.4. The van der Waals surface area contributed by atoms with Gasteiger partial charge >= 0.3 is 0 Å². The zero-order valence-corrected chi connectivity index (χ0v) is 11.7. The van der Waals surface area contributed by atoms with Crippen molar-refractivity contribution in [3.8, 4) is 0 Å². The Bertz CT molecular complexity index is 486. The Balaban J connectivity index is 3.16. The average Bonchev–Trinajstić information content (AvgIpc) is 2.19. The summed E-state index contributed by atoms with van der Waals surface area (Å²) < 4.78 is 26.5. The number of sulfonamides is 1. The van der Waals surface area contributed by atoms with E-state index < -0.39 is 10.0 Å². The van der Waals surface area contributed by atoms with Crippen LogP contribution < -0.4 is 10.0 Å². The molecule has 6 heteroatoms. The molecule has 0 bridgehead atoms. The Hall–Kier alpha value is -0.620. The second kappa shape index (κ2) is 5.82. The molecule has 0 aliphatic rings. The fourth-order valence-electron chi connectivity index (χ4n) is 1.44. The van der Waals surface area contributed by atoms with Crippen LogP contribution in [-0.4, -0.2) is 21.5 Å². The summed E-state index contributed by atoms with van der Waals surface area (Å²) in [5.74, 6) is 0. The van der Waals surface area contributed by atoms with Crippen molar-refractivity contribution in [2.45, 2.75) is 31.3 Å². The van der Waals surface area contributed by atoms with Gasteiger partial charge in [0.2, 0.25) is 10.0 Å². The molecule has 1 aromatic rings. The van der Waals surface area contributed by atoms with Crippen molar-refractivity contribution in [1.82, 2.24) is 10.0 Å². The maximum atomic E-state index is 12.0. The first-order valence-corrected chi connectivity index (χ1v) is 7.18. The molecule has 2 N–H and O–H groups in total. The molecular weight excluding hydrogens is 260 g/mol. The molecule has 0 spiro atoms. The minimum atomic E-state index is -3.54. The van der Waals surface area contributed by atoms with Crippen LogP contribution >= 0.6 is 11.6 Å². The van der Waals surface area contributed by atoms with Crippen LogP contribution in [0.15, 0.2) is 23.1 Å². The summed E-state index contributed by atoms with van der Waals surface area (Å²) in [6.45, 7) is 4.13. The Morgan fingerprint density at radius 2 is 2.00 bits per heavy atom. The average molecular weight is 277 g/mol. The molecule has 0 aliphatic carbocycles. The van der Waals surface area contributed by atoms with Crippen molar-refractivity contribution in [1.29, 1.82) is 0 Å². The van der Waals surface area contributed by atoms with E-state index in [1.54, 1.807) is 39.1 Å². The van der Waals surface area contributed by atoms with Crippen molar-refractivity contribution in [2.75, 3.05) is 7.05 Å². The lowest BCUT2D eigenvalue weighted by Crippen LogP contribution is -2.30. The molecule has 0 unspecified atom stereocenters. The van der Waals surface area contributed by atoms with Gasteiger partial charge in [0, 0.05) is 12.6 Å². The van der Waals surface area contributed by atoms with E-state index >= 15 is 0 Å². The minimum absolute atomic E-state index is 0.126. The van der Waals surface area contributed by atoms with E-state index in [4.69, 9.17) is 11.6 Å². The molecule has 0 saturated carbocycles. The van der Waals surface area contributed by atoms with Crippen LogP contribution in [0.5, 0.6) is 0 Å². The largest absolute Gasteiger partial charge is 0.316 e. The number of benzene rings is 1. The van der Waals surface area contributed by atoms with E-state index in [1.807, 2.05) is 0 Å². The summed E-state index contributed by atoms with van der Waals surface area (Å²) in [5, 5.41) is 3.20. The van der Waals surface area contributed by atoms with E-state index in [0.717, 1.165) is 5.56 Å². The van der Waals surface area contributed by atoms with Gasteiger partial charge in [0.25, 0.3) is 0 Å². The lowest BCUT2D eigenvalue weighted by atomic mass is 10.2. The molecule has 0 amide bonds. The molecule has 17 heavy (non-hydrogen) atoms. The lowest BCUT2D eigenvalue weighted by molar-refractivity contribution is 0.569. The highest BCUT2D eigenvalue weighted by Gasteiger charge is 2.19. The monoisotopic (exact) mass is 276 g/mol. The first-order valence-electron chi connectivity index (χ1n) is 5.32. The summed E-state index contributed by atoms with van der Waals surface area (Å²) >= 11 is 5.92. The van der Waals surface area contributed by atoms with Gasteiger partial charge in [0.1, 0.15) is 4.90 Å². The third-order valence-corrected chi connectivity index (χ3v) is 4.20. The maximum Gasteiger partial charge on any atom is 0.242 e. The predicted molar refractivity (Wildman–Crippen MR) is 69.7 cm³/mol. The van der Waals surface area contributed by atoms with Crippen LogP contribution in [-0.2, 0) is 16.6 Å². The van der Waals surface area contributed by atoms with Crippen LogP contribution in [0.1, 0.15) is 19.4 Å². The van der Waals surface area contributed by atoms with E-state index in [-0.39, 0.29) is 16.0 Å². The summed E-state index contributed by atoms with van der Waals surface area (Å²) in [5.41, 5.74) is 0.876. The Labute approximate surface area is 107 Å². The topological polar surface area (TPSA) is 58.2 Å². The van der Waals surface area contributed by atoms with Gasteiger partial charge in [-0.1, -0.05) is 17.7 Å². The normalized spacial score (nSPS) is 12.1.